The maximum absolute atomic E-state index is 13.0. The fourth-order valence-corrected chi connectivity index (χ4v) is 2.60. The van der Waals surface area contributed by atoms with Crippen molar-refractivity contribution in [2.75, 3.05) is 5.32 Å². The number of para-hydroxylation sites is 1. The lowest BCUT2D eigenvalue weighted by Gasteiger charge is -2.11. The van der Waals surface area contributed by atoms with Gasteiger partial charge in [-0.15, -0.1) is 0 Å². The molecule has 0 unspecified atom stereocenters. The van der Waals surface area contributed by atoms with Crippen LogP contribution in [0.2, 0.25) is 0 Å². The molecule has 0 saturated carbocycles. The van der Waals surface area contributed by atoms with Gasteiger partial charge >= 0.3 is 0 Å². The van der Waals surface area contributed by atoms with Crippen LogP contribution in [0.15, 0.2) is 72.8 Å². The number of nitro benzene ring substituents is 1. The van der Waals surface area contributed by atoms with E-state index in [-0.39, 0.29) is 29.2 Å². The van der Waals surface area contributed by atoms with Gasteiger partial charge in [-0.2, -0.15) is 0 Å². The van der Waals surface area contributed by atoms with Crippen LogP contribution in [0, 0.1) is 15.9 Å². The van der Waals surface area contributed by atoms with Gasteiger partial charge in [0.2, 0.25) is 0 Å². The fourth-order valence-electron chi connectivity index (χ4n) is 2.60. The molecule has 0 aliphatic rings. The first-order valence-corrected chi connectivity index (χ1v) is 8.61. The number of nitrogens with zero attached hydrogens (tertiary/aromatic N) is 1. The van der Waals surface area contributed by atoms with Crippen molar-refractivity contribution < 1.29 is 18.9 Å². The standard InChI is InChI=1S/C21H16FN3O4/c22-16-9-5-14(6-10-16)13-23-21(27)18-3-1-2-4-19(18)24-20(26)15-7-11-17(12-8-15)25(28)29/h1-12H,13H2,(H,23,27)(H,24,26). The van der Waals surface area contributed by atoms with Crippen LogP contribution in [0.4, 0.5) is 15.8 Å². The maximum atomic E-state index is 13.0. The van der Waals surface area contributed by atoms with Crippen LogP contribution in [-0.2, 0) is 6.54 Å². The Morgan fingerprint density at radius 1 is 0.897 bits per heavy atom. The summed E-state index contributed by atoms with van der Waals surface area (Å²) >= 11 is 0. The molecule has 0 heterocycles. The van der Waals surface area contributed by atoms with Gasteiger partial charge in [0, 0.05) is 24.2 Å². The molecule has 0 aromatic heterocycles. The lowest BCUT2D eigenvalue weighted by molar-refractivity contribution is -0.384. The molecular weight excluding hydrogens is 377 g/mol. The van der Waals surface area contributed by atoms with E-state index in [0.29, 0.717) is 5.69 Å². The van der Waals surface area contributed by atoms with E-state index in [1.54, 1.807) is 36.4 Å². The molecule has 0 fully saturated rings. The van der Waals surface area contributed by atoms with Crippen molar-refractivity contribution in [3.8, 4) is 0 Å². The second-order valence-corrected chi connectivity index (χ2v) is 6.11. The number of hydrogen-bond donors (Lipinski definition) is 2. The molecule has 7 nitrogen and oxygen atoms in total. The maximum Gasteiger partial charge on any atom is 0.269 e. The quantitative estimate of drug-likeness (QED) is 0.490. The molecule has 0 saturated heterocycles. The zero-order chi connectivity index (χ0) is 20.8. The van der Waals surface area contributed by atoms with Gasteiger partial charge in [0.1, 0.15) is 5.82 Å². The summed E-state index contributed by atoms with van der Waals surface area (Å²) in [5.41, 5.74) is 1.38. The average Bonchev–Trinajstić information content (AvgIpc) is 2.73. The fraction of sp³-hybridized carbons (Fsp3) is 0.0476. The molecule has 0 bridgehead atoms. The molecule has 2 amide bonds. The minimum absolute atomic E-state index is 0.123. The highest BCUT2D eigenvalue weighted by Crippen LogP contribution is 2.18. The highest BCUT2D eigenvalue weighted by molar-refractivity contribution is 6.09. The van der Waals surface area contributed by atoms with E-state index < -0.39 is 16.7 Å². The van der Waals surface area contributed by atoms with Gasteiger partial charge in [-0.25, -0.2) is 4.39 Å². The van der Waals surface area contributed by atoms with Gasteiger partial charge in [0.25, 0.3) is 17.5 Å². The Morgan fingerprint density at radius 2 is 1.55 bits per heavy atom. The topological polar surface area (TPSA) is 101 Å². The summed E-state index contributed by atoms with van der Waals surface area (Å²) in [6.45, 7) is 0.198. The summed E-state index contributed by atoms with van der Waals surface area (Å²) < 4.78 is 13.0. The van der Waals surface area contributed by atoms with E-state index in [1.807, 2.05) is 0 Å². The molecule has 0 spiro atoms. The highest BCUT2D eigenvalue weighted by Gasteiger charge is 2.15. The van der Waals surface area contributed by atoms with Crippen molar-refractivity contribution in [3.63, 3.8) is 0 Å². The second kappa shape index (κ2) is 8.75. The molecule has 0 aliphatic heterocycles. The molecule has 3 aromatic carbocycles. The van der Waals surface area contributed by atoms with E-state index in [9.17, 15) is 24.1 Å². The van der Waals surface area contributed by atoms with Crippen LogP contribution in [0.5, 0.6) is 0 Å². The number of nitro groups is 1. The van der Waals surface area contributed by atoms with Crippen molar-refractivity contribution >= 4 is 23.2 Å². The van der Waals surface area contributed by atoms with Crippen LogP contribution in [0.25, 0.3) is 0 Å². The van der Waals surface area contributed by atoms with Crippen LogP contribution >= 0.6 is 0 Å². The van der Waals surface area contributed by atoms with Crippen LogP contribution < -0.4 is 10.6 Å². The lowest BCUT2D eigenvalue weighted by atomic mass is 10.1. The summed E-state index contributed by atoms with van der Waals surface area (Å²) in [5.74, 6) is -1.27. The lowest BCUT2D eigenvalue weighted by Crippen LogP contribution is -2.24. The average molecular weight is 393 g/mol. The molecule has 0 aliphatic carbocycles. The number of non-ortho nitro benzene ring substituents is 1. The molecule has 0 radical (unpaired) electrons. The number of amides is 2. The molecule has 146 valence electrons. The number of rotatable bonds is 6. The van der Waals surface area contributed by atoms with Gasteiger partial charge in [0.05, 0.1) is 16.2 Å². The number of carbonyl (C=O) groups excluding carboxylic acids is 2. The summed E-state index contributed by atoms with van der Waals surface area (Å²) in [7, 11) is 0. The molecule has 3 aromatic rings. The molecule has 3 rings (SSSR count). The number of hydrogen-bond acceptors (Lipinski definition) is 4. The predicted molar refractivity (Wildman–Crippen MR) is 105 cm³/mol. The van der Waals surface area contributed by atoms with Gasteiger partial charge < -0.3 is 10.6 Å². The van der Waals surface area contributed by atoms with Crippen LogP contribution in [0.1, 0.15) is 26.3 Å². The predicted octanol–water partition coefficient (Wildman–Crippen LogP) is 3.92. The van der Waals surface area contributed by atoms with Crippen molar-refractivity contribution in [1.82, 2.24) is 5.32 Å². The monoisotopic (exact) mass is 393 g/mol. The van der Waals surface area contributed by atoms with E-state index in [0.717, 1.165) is 5.56 Å². The normalized spacial score (nSPS) is 10.2. The van der Waals surface area contributed by atoms with Gasteiger partial charge in [-0.3, -0.25) is 19.7 Å². The zero-order valence-corrected chi connectivity index (χ0v) is 15.1. The van der Waals surface area contributed by atoms with E-state index in [4.69, 9.17) is 0 Å². The van der Waals surface area contributed by atoms with Crippen molar-refractivity contribution in [3.05, 3.63) is 105 Å². The van der Waals surface area contributed by atoms with Crippen molar-refractivity contribution in [2.45, 2.75) is 6.54 Å². The zero-order valence-electron chi connectivity index (χ0n) is 15.1. The second-order valence-electron chi connectivity index (χ2n) is 6.11. The number of halogens is 1. The summed E-state index contributed by atoms with van der Waals surface area (Å²) in [5, 5.41) is 16.1. The van der Waals surface area contributed by atoms with E-state index >= 15 is 0 Å². The summed E-state index contributed by atoms with van der Waals surface area (Å²) in [6.07, 6.45) is 0. The first-order chi connectivity index (χ1) is 13.9. The number of benzene rings is 3. The van der Waals surface area contributed by atoms with Gasteiger partial charge in [0.15, 0.2) is 0 Å². The van der Waals surface area contributed by atoms with E-state index in [2.05, 4.69) is 10.6 Å². The summed E-state index contributed by atoms with van der Waals surface area (Å²) in [4.78, 5) is 35.1. The molecule has 8 heteroatoms. The first kappa shape index (κ1) is 19.7. The Kier molecular flexibility index (Phi) is 5.94. The molecule has 0 atom stereocenters. The number of anilines is 1. The van der Waals surface area contributed by atoms with Crippen molar-refractivity contribution in [1.29, 1.82) is 0 Å². The first-order valence-electron chi connectivity index (χ1n) is 8.61. The number of carbonyl (C=O) groups is 2. The Morgan fingerprint density at radius 3 is 2.21 bits per heavy atom. The molecule has 29 heavy (non-hydrogen) atoms. The largest absolute Gasteiger partial charge is 0.348 e. The van der Waals surface area contributed by atoms with Crippen molar-refractivity contribution in [2.24, 2.45) is 0 Å². The Labute approximate surface area is 165 Å². The SMILES string of the molecule is O=C(Nc1ccccc1C(=O)NCc1ccc(F)cc1)c1ccc([N+](=O)[O-])cc1. The third-order valence-corrected chi connectivity index (χ3v) is 4.13. The van der Waals surface area contributed by atoms with Gasteiger partial charge in [-0.05, 0) is 42.0 Å². The Hall–Kier alpha value is -4.07. The molecule has 2 N–H and O–H groups in total. The minimum Gasteiger partial charge on any atom is -0.348 e. The third kappa shape index (κ3) is 5.01. The van der Waals surface area contributed by atoms with E-state index in [1.165, 1.54) is 36.4 Å². The highest BCUT2D eigenvalue weighted by atomic mass is 19.1. The van der Waals surface area contributed by atoms with Crippen LogP contribution in [0.3, 0.4) is 0 Å². The number of nitrogens with one attached hydrogen (secondary N) is 2. The Balaban J connectivity index is 1.70. The minimum atomic E-state index is -0.553. The summed E-state index contributed by atoms with van der Waals surface area (Å²) in [6, 6.07) is 17.4. The van der Waals surface area contributed by atoms with Gasteiger partial charge in [-0.1, -0.05) is 24.3 Å². The third-order valence-electron chi connectivity index (χ3n) is 4.13. The van der Waals surface area contributed by atoms with Crippen LogP contribution in [-0.4, -0.2) is 16.7 Å². The molecular formula is C21H16FN3O4. The smallest absolute Gasteiger partial charge is 0.269 e. The Bertz CT molecular complexity index is 1050.